The van der Waals surface area contributed by atoms with Gasteiger partial charge in [0.05, 0.1) is 5.02 Å². The van der Waals surface area contributed by atoms with Crippen molar-refractivity contribution in [3.8, 4) is 0 Å². The summed E-state index contributed by atoms with van der Waals surface area (Å²) in [5.74, 6) is -0.0378. The number of nitrogens with one attached hydrogen (secondary N) is 1. The number of carbonyl (C=O) groups excluding carboxylic acids is 1. The fraction of sp³-hybridized carbons (Fsp3) is 0.615. The number of hydrogen-bond acceptors (Lipinski definition) is 2. The summed E-state index contributed by atoms with van der Waals surface area (Å²) >= 11 is 5.93. The fourth-order valence-electron chi connectivity index (χ4n) is 2.45. The van der Waals surface area contributed by atoms with E-state index in [9.17, 15) is 4.79 Å². The van der Waals surface area contributed by atoms with Crippen molar-refractivity contribution >= 4 is 17.5 Å². The Morgan fingerprint density at radius 3 is 2.78 bits per heavy atom. The highest BCUT2D eigenvalue weighted by Gasteiger charge is 2.21. The molecule has 5 heteroatoms. The number of halogens is 1. The largest absolute Gasteiger partial charge is 0.348 e. The second-order valence-corrected chi connectivity index (χ2v) is 5.35. The lowest BCUT2D eigenvalue weighted by Gasteiger charge is -2.26. The summed E-state index contributed by atoms with van der Waals surface area (Å²) in [7, 11) is 0. The van der Waals surface area contributed by atoms with Crippen LogP contribution < -0.4 is 11.1 Å². The standard InChI is InChI=1S/C13H20ClN3O/c1-2-17-8-9(14)7-12(17)13(18)16-11-5-3-10(15)4-6-11/h7-8,10-11H,2-6,15H2,1H3,(H,16,18). The Bertz CT molecular complexity index is 422. The summed E-state index contributed by atoms with van der Waals surface area (Å²) < 4.78 is 1.87. The molecule has 1 amide bonds. The van der Waals surface area contributed by atoms with Crippen molar-refractivity contribution in [3.05, 3.63) is 23.0 Å². The second kappa shape index (κ2) is 5.76. The molecule has 1 aliphatic rings. The fourth-order valence-corrected chi connectivity index (χ4v) is 2.67. The monoisotopic (exact) mass is 269 g/mol. The lowest BCUT2D eigenvalue weighted by molar-refractivity contribution is 0.0916. The van der Waals surface area contributed by atoms with Gasteiger partial charge in [-0.25, -0.2) is 0 Å². The van der Waals surface area contributed by atoms with Crippen molar-refractivity contribution in [2.24, 2.45) is 5.73 Å². The first-order valence-corrected chi connectivity index (χ1v) is 6.90. The van der Waals surface area contributed by atoms with Crippen molar-refractivity contribution in [2.75, 3.05) is 0 Å². The molecule has 100 valence electrons. The van der Waals surface area contributed by atoms with Crippen molar-refractivity contribution in [3.63, 3.8) is 0 Å². The van der Waals surface area contributed by atoms with Gasteiger partial charge in [-0.05, 0) is 38.7 Å². The number of nitrogens with zero attached hydrogens (tertiary/aromatic N) is 1. The molecule has 1 fully saturated rings. The molecule has 0 aliphatic heterocycles. The van der Waals surface area contributed by atoms with Crippen molar-refractivity contribution < 1.29 is 4.79 Å². The van der Waals surface area contributed by atoms with E-state index in [4.69, 9.17) is 17.3 Å². The molecule has 0 unspecified atom stereocenters. The van der Waals surface area contributed by atoms with Gasteiger partial charge in [0.15, 0.2) is 0 Å². The van der Waals surface area contributed by atoms with Crippen LogP contribution in [0.25, 0.3) is 0 Å². The molecule has 1 saturated carbocycles. The number of hydrogen-bond donors (Lipinski definition) is 2. The molecule has 4 nitrogen and oxygen atoms in total. The van der Waals surface area contributed by atoms with Gasteiger partial charge in [0, 0.05) is 24.8 Å². The minimum atomic E-state index is -0.0378. The molecule has 0 saturated heterocycles. The smallest absolute Gasteiger partial charge is 0.268 e. The molecule has 3 N–H and O–H groups in total. The molecular formula is C13H20ClN3O. The van der Waals surface area contributed by atoms with E-state index in [1.807, 2.05) is 11.5 Å². The molecule has 0 bridgehead atoms. The highest BCUT2D eigenvalue weighted by molar-refractivity contribution is 6.31. The van der Waals surface area contributed by atoms with E-state index in [1.54, 1.807) is 12.3 Å². The molecule has 0 aromatic carbocycles. The van der Waals surface area contributed by atoms with Crippen molar-refractivity contribution in [2.45, 2.75) is 51.2 Å². The summed E-state index contributed by atoms with van der Waals surface area (Å²) in [5.41, 5.74) is 6.49. The molecule has 0 radical (unpaired) electrons. The summed E-state index contributed by atoms with van der Waals surface area (Å²) in [6.45, 7) is 2.73. The second-order valence-electron chi connectivity index (χ2n) is 4.91. The number of amides is 1. The van der Waals surface area contributed by atoms with E-state index < -0.39 is 0 Å². The number of nitrogens with two attached hydrogens (primary N) is 1. The lowest BCUT2D eigenvalue weighted by Crippen LogP contribution is -2.41. The van der Waals surface area contributed by atoms with Gasteiger partial charge in [-0.1, -0.05) is 11.6 Å². The molecule has 18 heavy (non-hydrogen) atoms. The Morgan fingerprint density at radius 1 is 1.50 bits per heavy atom. The van der Waals surface area contributed by atoms with E-state index in [0.717, 1.165) is 32.2 Å². The van der Waals surface area contributed by atoms with Gasteiger partial charge >= 0.3 is 0 Å². The molecular weight excluding hydrogens is 250 g/mol. The zero-order valence-electron chi connectivity index (χ0n) is 10.7. The Labute approximate surface area is 112 Å². The highest BCUT2D eigenvalue weighted by atomic mass is 35.5. The first-order valence-electron chi connectivity index (χ1n) is 6.52. The SMILES string of the molecule is CCn1cc(Cl)cc1C(=O)NC1CCC(N)CC1. The third-order valence-electron chi connectivity index (χ3n) is 3.54. The van der Waals surface area contributed by atoms with Crippen LogP contribution in [0, 0.1) is 0 Å². The zero-order chi connectivity index (χ0) is 13.1. The maximum absolute atomic E-state index is 12.2. The topological polar surface area (TPSA) is 60.0 Å². The van der Waals surface area contributed by atoms with Crippen LogP contribution >= 0.6 is 11.6 Å². The van der Waals surface area contributed by atoms with E-state index in [0.29, 0.717) is 16.8 Å². The maximum atomic E-state index is 12.2. The van der Waals surface area contributed by atoms with Gasteiger partial charge in [0.1, 0.15) is 5.69 Å². The minimum Gasteiger partial charge on any atom is -0.348 e. The summed E-state index contributed by atoms with van der Waals surface area (Å²) in [6, 6.07) is 2.26. The molecule has 1 heterocycles. The van der Waals surface area contributed by atoms with Crippen LogP contribution in [0.2, 0.25) is 5.02 Å². The molecule has 2 rings (SSSR count). The van der Waals surface area contributed by atoms with E-state index in [-0.39, 0.29) is 11.9 Å². The van der Waals surface area contributed by atoms with Crippen LogP contribution in [0.15, 0.2) is 12.3 Å². The summed E-state index contributed by atoms with van der Waals surface area (Å²) in [6.07, 6.45) is 5.69. The van der Waals surface area contributed by atoms with Gasteiger partial charge < -0.3 is 15.6 Å². The number of carbonyl (C=O) groups is 1. The average Bonchev–Trinajstić information content (AvgIpc) is 2.73. The molecule has 0 atom stereocenters. The number of aryl methyl sites for hydroxylation is 1. The van der Waals surface area contributed by atoms with Crippen LogP contribution in [0.3, 0.4) is 0 Å². The third kappa shape index (κ3) is 3.06. The predicted molar refractivity (Wildman–Crippen MR) is 72.8 cm³/mol. The number of rotatable bonds is 3. The van der Waals surface area contributed by atoms with Crippen LogP contribution in [-0.4, -0.2) is 22.6 Å². The van der Waals surface area contributed by atoms with Gasteiger partial charge in [-0.3, -0.25) is 4.79 Å². The quantitative estimate of drug-likeness (QED) is 0.883. The average molecular weight is 270 g/mol. The predicted octanol–water partition coefficient (Wildman–Crippen LogP) is 2.16. The van der Waals surface area contributed by atoms with Crippen molar-refractivity contribution in [1.82, 2.24) is 9.88 Å². The normalized spacial score (nSPS) is 23.9. The van der Waals surface area contributed by atoms with Gasteiger partial charge in [0.25, 0.3) is 5.91 Å². The van der Waals surface area contributed by atoms with Crippen LogP contribution in [0.4, 0.5) is 0 Å². The summed E-state index contributed by atoms with van der Waals surface area (Å²) in [5, 5.41) is 3.67. The zero-order valence-corrected chi connectivity index (χ0v) is 11.4. The van der Waals surface area contributed by atoms with Crippen LogP contribution in [0.1, 0.15) is 43.1 Å². The maximum Gasteiger partial charge on any atom is 0.268 e. The van der Waals surface area contributed by atoms with E-state index in [1.165, 1.54) is 0 Å². The van der Waals surface area contributed by atoms with Gasteiger partial charge in [-0.2, -0.15) is 0 Å². The Morgan fingerprint density at radius 2 is 2.17 bits per heavy atom. The third-order valence-corrected chi connectivity index (χ3v) is 3.75. The van der Waals surface area contributed by atoms with Crippen LogP contribution in [0.5, 0.6) is 0 Å². The molecule has 1 aromatic heterocycles. The highest BCUT2D eigenvalue weighted by Crippen LogP contribution is 2.19. The number of aromatic nitrogens is 1. The Hall–Kier alpha value is -1.00. The molecule has 1 aromatic rings. The van der Waals surface area contributed by atoms with Gasteiger partial charge in [0.2, 0.25) is 0 Å². The summed E-state index contributed by atoms with van der Waals surface area (Å²) in [4.78, 5) is 12.2. The van der Waals surface area contributed by atoms with Crippen molar-refractivity contribution in [1.29, 1.82) is 0 Å². The first-order chi connectivity index (χ1) is 8.60. The molecule has 0 spiro atoms. The minimum absolute atomic E-state index is 0.0378. The van der Waals surface area contributed by atoms with E-state index in [2.05, 4.69) is 5.32 Å². The van der Waals surface area contributed by atoms with E-state index >= 15 is 0 Å². The Balaban J connectivity index is 1.99. The lowest BCUT2D eigenvalue weighted by atomic mass is 9.92. The van der Waals surface area contributed by atoms with Gasteiger partial charge in [-0.15, -0.1) is 0 Å². The Kier molecular flexibility index (Phi) is 4.30. The van der Waals surface area contributed by atoms with Crippen LogP contribution in [-0.2, 0) is 6.54 Å². The molecule has 1 aliphatic carbocycles. The first kappa shape index (κ1) is 13.4.